The van der Waals surface area contributed by atoms with Crippen LogP contribution in [0.5, 0.6) is 0 Å². The third-order valence-electron chi connectivity index (χ3n) is 2.85. The van der Waals surface area contributed by atoms with Crippen LogP contribution < -0.4 is 0 Å². The summed E-state index contributed by atoms with van der Waals surface area (Å²) >= 11 is 0. The number of hydrogen-bond acceptors (Lipinski definition) is 3. The molecule has 0 spiro atoms. The highest BCUT2D eigenvalue weighted by atomic mass is 17.2. The summed E-state index contributed by atoms with van der Waals surface area (Å²) in [5.41, 5.74) is 2.60. The standard InChI is InChI=1S/C18H20O3/c1-18(2,3)13-20-21-17(19)16-11-9-15(10-12-16)14-7-5-4-6-8-14/h4-12H,13H2,1-3H3. The molecule has 2 rings (SSSR count). The molecule has 3 nitrogen and oxygen atoms in total. The second-order valence-electron chi connectivity index (χ2n) is 6.14. The van der Waals surface area contributed by atoms with Crippen LogP contribution in [0.3, 0.4) is 0 Å². The first-order chi connectivity index (χ1) is 9.96. The van der Waals surface area contributed by atoms with Crippen molar-refractivity contribution in [2.45, 2.75) is 20.8 Å². The van der Waals surface area contributed by atoms with Gasteiger partial charge in [0, 0.05) is 0 Å². The molecule has 0 fully saturated rings. The van der Waals surface area contributed by atoms with E-state index in [0.717, 1.165) is 11.1 Å². The van der Waals surface area contributed by atoms with Gasteiger partial charge >= 0.3 is 5.97 Å². The molecule has 0 radical (unpaired) electrons. The molecule has 0 saturated carbocycles. The van der Waals surface area contributed by atoms with E-state index in [4.69, 9.17) is 9.78 Å². The zero-order valence-electron chi connectivity index (χ0n) is 12.6. The number of carbonyl (C=O) groups excluding carboxylic acids is 1. The van der Waals surface area contributed by atoms with Gasteiger partial charge in [0.15, 0.2) is 0 Å². The van der Waals surface area contributed by atoms with Crippen LogP contribution in [0.2, 0.25) is 0 Å². The smallest absolute Gasteiger partial charge is 0.293 e. The van der Waals surface area contributed by atoms with E-state index < -0.39 is 5.97 Å². The van der Waals surface area contributed by atoms with E-state index in [0.29, 0.717) is 12.2 Å². The Morgan fingerprint density at radius 2 is 1.48 bits per heavy atom. The Morgan fingerprint density at radius 1 is 0.905 bits per heavy atom. The molecule has 21 heavy (non-hydrogen) atoms. The monoisotopic (exact) mass is 284 g/mol. The van der Waals surface area contributed by atoms with E-state index in [1.165, 1.54) is 0 Å². The Labute approximate surface area is 125 Å². The minimum absolute atomic E-state index is 0.0442. The summed E-state index contributed by atoms with van der Waals surface area (Å²) < 4.78 is 0. The maximum absolute atomic E-state index is 11.8. The van der Waals surface area contributed by atoms with Crippen molar-refractivity contribution in [3.63, 3.8) is 0 Å². The lowest BCUT2D eigenvalue weighted by Crippen LogP contribution is -2.17. The van der Waals surface area contributed by atoms with Crippen LogP contribution in [0, 0.1) is 5.41 Å². The van der Waals surface area contributed by atoms with Gasteiger partial charge in [-0.2, -0.15) is 4.89 Å². The average molecular weight is 284 g/mol. The van der Waals surface area contributed by atoms with Crippen molar-refractivity contribution in [2.75, 3.05) is 6.61 Å². The average Bonchev–Trinajstić information content (AvgIpc) is 2.47. The molecule has 0 bridgehead atoms. The molecule has 2 aromatic carbocycles. The summed E-state index contributed by atoms with van der Waals surface area (Å²) in [6.07, 6.45) is 0. The van der Waals surface area contributed by atoms with Crippen LogP contribution in [0.1, 0.15) is 31.1 Å². The summed E-state index contributed by atoms with van der Waals surface area (Å²) in [5.74, 6) is -0.473. The predicted octanol–water partition coefficient (Wildman–Crippen LogP) is 4.49. The minimum atomic E-state index is -0.473. The van der Waals surface area contributed by atoms with Crippen LogP contribution >= 0.6 is 0 Å². The second-order valence-corrected chi connectivity index (χ2v) is 6.14. The molecule has 0 aliphatic carbocycles. The zero-order valence-corrected chi connectivity index (χ0v) is 12.6. The molecular weight excluding hydrogens is 264 g/mol. The molecule has 0 aliphatic rings. The van der Waals surface area contributed by atoms with Gasteiger partial charge in [0.25, 0.3) is 0 Å². The number of benzene rings is 2. The molecular formula is C18H20O3. The first-order valence-electron chi connectivity index (χ1n) is 6.95. The van der Waals surface area contributed by atoms with Crippen LogP contribution in [0.25, 0.3) is 11.1 Å². The Morgan fingerprint density at radius 3 is 2.05 bits per heavy atom. The van der Waals surface area contributed by atoms with E-state index in [1.54, 1.807) is 12.1 Å². The van der Waals surface area contributed by atoms with Gasteiger partial charge in [0.05, 0.1) is 12.2 Å². The highest BCUT2D eigenvalue weighted by Crippen LogP contribution is 2.20. The van der Waals surface area contributed by atoms with Gasteiger partial charge in [0.1, 0.15) is 0 Å². The summed E-state index contributed by atoms with van der Waals surface area (Å²) in [6, 6.07) is 17.3. The molecule has 2 aromatic rings. The van der Waals surface area contributed by atoms with Crippen LogP contribution in [-0.4, -0.2) is 12.6 Å². The van der Waals surface area contributed by atoms with Crippen molar-refractivity contribution in [3.8, 4) is 11.1 Å². The van der Waals surface area contributed by atoms with Gasteiger partial charge in [-0.1, -0.05) is 63.2 Å². The van der Waals surface area contributed by atoms with Crippen molar-refractivity contribution in [1.82, 2.24) is 0 Å². The zero-order chi connectivity index (χ0) is 15.3. The molecule has 0 aromatic heterocycles. The number of rotatable bonds is 4. The molecule has 0 amide bonds. The summed E-state index contributed by atoms with van der Waals surface area (Å²) in [7, 11) is 0. The van der Waals surface area contributed by atoms with Crippen molar-refractivity contribution in [3.05, 3.63) is 60.2 Å². The van der Waals surface area contributed by atoms with E-state index in [2.05, 4.69) is 0 Å². The summed E-state index contributed by atoms with van der Waals surface area (Å²) in [6.45, 7) is 6.39. The first-order valence-corrected chi connectivity index (χ1v) is 6.95. The van der Waals surface area contributed by atoms with Gasteiger partial charge in [0.2, 0.25) is 0 Å². The highest BCUT2D eigenvalue weighted by molar-refractivity contribution is 5.89. The lowest BCUT2D eigenvalue weighted by atomic mass is 9.99. The molecule has 0 saturated heterocycles. The number of hydrogen-bond donors (Lipinski definition) is 0. The Kier molecular flexibility index (Phi) is 4.76. The van der Waals surface area contributed by atoms with Crippen molar-refractivity contribution >= 4 is 5.97 Å². The molecule has 3 heteroatoms. The van der Waals surface area contributed by atoms with Crippen LogP contribution in [-0.2, 0) is 9.78 Å². The normalized spacial score (nSPS) is 11.2. The molecule has 0 aliphatic heterocycles. The van der Waals surface area contributed by atoms with E-state index >= 15 is 0 Å². The SMILES string of the molecule is CC(C)(C)COOC(=O)c1ccc(-c2ccccc2)cc1. The van der Waals surface area contributed by atoms with Crippen LogP contribution in [0.15, 0.2) is 54.6 Å². The maximum atomic E-state index is 11.8. The Bertz CT molecular complexity index is 580. The summed E-state index contributed by atoms with van der Waals surface area (Å²) in [4.78, 5) is 21.6. The third-order valence-corrected chi connectivity index (χ3v) is 2.85. The van der Waals surface area contributed by atoms with Gasteiger partial charge in [-0.3, -0.25) is 4.89 Å². The lowest BCUT2D eigenvalue weighted by molar-refractivity contribution is -0.255. The maximum Gasteiger partial charge on any atom is 0.373 e. The van der Waals surface area contributed by atoms with Crippen molar-refractivity contribution < 1.29 is 14.6 Å². The molecule has 0 N–H and O–H groups in total. The molecule has 0 unspecified atom stereocenters. The van der Waals surface area contributed by atoms with Gasteiger partial charge in [-0.05, 0) is 28.7 Å². The number of carbonyl (C=O) groups is 1. The van der Waals surface area contributed by atoms with Crippen molar-refractivity contribution in [2.24, 2.45) is 5.41 Å². The fourth-order valence-corrected chi connectivity index (χ4v) is 1.74. The molecule has 0 atom stereocenters. The van der Waals surface area contributed by atoms with E-state index in [-0.39, 0.29) is 5.41 Å². The minimum Gasteiger partial charge on any atom is -0.293 e. The summed E-state index contributed by atoms with van der Waals surface area (Å²) in [5, 5.41) is 0. The molecule has 0 heterocycles. The fraction of sp³-hybridized carbons (Fsp3) is 0.278. The van der Waals surface area contributed by atoms with Gasteiger partial charge < -0.3 is 0 Å². The highest BCUT2D eigenvalue weighted by Gasteiger charge is 2.14. The van der Waals surface area contributed by atoms with E-state index in [1.807, 2.05) is 63.2 Å². The lowest BCUT2D eigenvalue weighted by Gasteiger charge is -2.16. The van der Waals surface area contributed by atoms with Crippen LogP contribution in [0.4, 0.5) is 0 Å². The Hall–Kier alpha value is -2.13. The topological polar surface area (TPSA) is 35.5 Å². The van der Waals surface area contributed by atoms with Gasteiger partial charge in [-0.25, -0.2) is 4.79 Å². The fourth-order valence-electron chi connectivity index (χ4n) is 1.74. The third kappa shape index (κ3) is 4.72. The first kappa shape index (κ1) is 15.3. The quantitative estimate of drug-likeness (QED) is 0.613. The predicted molar refractivity (Wildman–Crippen MR) is 82.7 cm³/mol. The second kappa shape index (κ2) is 6.55. The van der Waals surface area contributed by atoms with E-state index in [9.17, 15) is 4.79 Å². The molecule has 110 valence electrons. The van der Waals surface area contributed by atoms with Gasteiger partial charge in [-0.15, -0.1) is 0 Å². The van der Waals surface area contributed by atoms with Crippen molar-refractivity contribution in [1.29, 1.82) is 0 Å². The largest absolute Gasteiger partial charge is 0.373 e. The Balaban J connectivity index is 1.97.